The van der Waals surface area contributed by atoms with E-state index in [1.54, 1.807) is 19.1 Å². The van der Waals surface area contributed by atoms with E-state index in [0.717, 1.165) is 6.42 Å². The Morgan fingerprint density at radius 3 is 2.34 bits per heavy atom. The molecule has 1 aromatic carbocycles. The van der Waals surface area contributed by atoms with Crippen LogP contribution in [-0.4, -0.2) is 94.2 Å². The maximum Gasteiger partial charge on any atom is 0.409 e. The Hall–Kier alpha value is -4.22. The van der Waals surface area contributed by atoms with Crippen LogP contribution in [-0.2, 0) is 14.3 Å². The van der Waals surface area contributed by atoms with Gasteiger partial charge in [0.15, 0.2) is 5.82 Å². The first-order valence-corrected chi connectivity index (χ1v) is 12.6. The summed E-state index contributed by atoms with van der Waals surface area (Å²) in [7, 11) is 0. The topological polar surface area (TPSA) is 151 Å². The molecule has 2 aromatic rings. The molecular weight excluding hydrogens is 494 g/mol. The number of piperazine rings is 1. The Balaban J connectivity index is 1.78. The SMILES string of the molecule is CCCOc1cc(C(=O)N[C@@H](CCC(=O)O)C(=O)N2CCN(C(=O)OCC)CC2)nc(-c2ccccc2)n1. The van der Waals surface area contributed by atoms with E-state index in [4.69, 9.17) is 9.47 Å². The lowest BCUT2D eigenvalue weighted by molar-refractivity contribution is -0.138. The van der Waals surface area contributed by atoms with Crippen molar-refractivity contribution in [3.05, 3.63) is 42.1 Å². The largest absolute Gasteiger partial charge is 0.481 e. The Labute approximate surface area is 220 Å². The molecule has 0 saturated carbocycles. The number of amides is 3. The van der Waals surface area contributed by atoms with Gasteiger partial charge >= 0.3 is 12.1 Å². The lowest BCUT2D eigenvalue weighted by atomic mass is 10.1. The molecule has 2 heterocycles. The van der Waals surface area contributed by atoms with Gasteiger partial charge in [-0.15, -0.1) is 0 Å². The summed E-state index contributed by atoms with van der Waals surface area (Å²) in [6.45, 7) is 5.31. The highest BCUT2D eigenvalue weighted by atomic mass is 16.6. The number of rotatable bonds is 11. The average Bonchev–Trinajstić information content (AvgIpc) is 2.94. The van der Waals surface area contributed by atoms with Crippen molar-refractivity contribution >= 4 is 23.9 Å². The second-order valence-electron chi connectivity index (χ2n) is 8.60. The molecule has 1 atom stereocenters. The zero-order chi connectivity index (χ0) is 27.5. The molecule has 1 aliphatic rings. The van der Waals surface area contributed by atoms with Crippen LogP contribution in [0.15, 0.2) is 36.4 Å². The summed E-state index contributed by atoms with van der Waals surface area (Å²) in [5.41, 5.74) is 0.673. The van der Waals surface area contributed by atoms with Gasteiger partial charge in [0, 0.05) is 44.2 Å². The number of carboxylic acids is 1. The third-order valence-electron chi connectivity index (χ3n) is 5.79. The Morgan fingerprint density at radius 1 is 1.03 bits per heavy atom. The van der Waals surface area contributed by atoms with Crippen molar-refractivity contribution in [3.8, 4) is 17.3 Å². The molecular formula is C26H33N5O7. The van der Waals surface area contributed by atoms with Gasteiger partial charge in [0.2, 0.25) is 11.8 Å². The summed E-state index contributed by atoms with van der Waals surface area (Å²) in [5.74, 6) is -1.67. The van der Waals surface area contributed by atoms with E-state index in [2.05, 4.69) is 15.3 Å². The zero-order valence-electron chi connectivity index (χ0n) is 21.6. The Morgan fingerprint density at radius 2 is 1.71 bits per heavy atom. The molecule has 38 heavy (non-hydrogen) atoms. The quantitative estimate of drug-likeness (QED) is 0.448. The van der Waals surface area contributed by atoms with Gasteiger partial charge in [-0.05, 0) is 19.8 Å². The van der Waals surface area contributed by atoms with Crippen molar-refractivity contribution in [3.63, 3.8) is 0 Å². The minimum absolute atomic E-state index is 0.00906. The second kappa shape index (κ2) is 13.9. The van der Waals surface area contributed by atoms with E-state index in [1.807, 2.05) is 25.1 Å². The molecule has 0 radical (unpaired) electrons. The maximum absolute atomic E-state index is 13.3. The van der Waals surface area contributed by atoms with E-state index in [-0.39, 0.29) is 63.0 Å². The van der Waals surface area contributed by atoms with Crippen molar-refractivity contribution in [1.82, 2.24) is 25.1 Å². The molecule has 0 spiro atoms. The van der Waals surface area contributed by atoms with Crippen molar-refractivity contribution in [1.29, 1.82) is 0 Å². The van der Waals surface area contributed by atoms with Crippen LogP contribution < -0.4 is 10.1 Å². The summed E-state index contributed by atoms with van der Waals surface area (Å²) in [5, 5.41) is 11.9. The van der Waals surface area contributed by atoms with Crippen LogP contribution in [0.4, 0.5) is 4.79 Å². The minimum atomic E-state index is -1.09. The lowest BCUT2D eigenvalue weighted by Crippen LogP contribution is -2.56. The molecule has 1 fully saturated rings. The number of carbonyl (C=O) groups is 4. The van der Waals surface area contributed by atoms with Crippen LogP contribution in [0.1, 0.15) is 43.6 Å². The van der Waals surface area contributed by atoms with Gasteiger partial charge in [0.05, 0.1) is 13.2 Å². The van der Waals surface area contributed by atoms with Crippen LogP contribution >= 0.6 is 0 Å². The van der Waals surface area contributed by atoms with Gasteiger partial charge in [-0.25, -0.2) is 9.78 Å². The Bertz CT molecular complexity index is 1120. The van der Waals surface area contributed by atoms with Crippen LogP contribution in [0, 0.1) is 0 Å². The number of carbonyl (C=O) groups excluding carboxylic acids is 3. The number of nitrogens with one attached hydrogen (secondary N) is 1. The number of ether oxygens (including phenoxy) is 2. The standard InChI is InChI=1S/C26H33N5O7/c1-3-16-38-21-17-20(27-23(29-21)18-8-6-5-7-9-18)24(34)28-19(10-11-22(32)33)25(35)30-12-14-31(15-13-30)26(36)37-4-2/h5-9,17,19H,3-4,10-16H2,1-2H3,(H,28,34)(H,32,33)/t19-/m0/s1. The number of hydrogen-bond donors (Lipinski definition) is 2. The summed E-state index contributed by atoms with van der Waals surface area (Å²) in [6, 6.07) is 9.39. The van der Waals surface area contributed by atoms with Gasteiger partial charge < -0.3 is 29.7 Å². The third kappa shape index (κ3) is 7.89. The summed E-state index contributed by atoms with van der Waals surface area (Å²) in [4.78, 5) is 61.6. The summed E-state index contributed by atoms with van der Waals surface area (Å²) in [6.07, 6.45) is -0.132. The van der Waals surface area contributed by atoms with E-state index < -0.39 is 29.9 Å². The molecule has 1 aromatic heterocycles. The minimum Gasteiger partial charge on any atom is -0.481 e. The number of aromatic nitrogens is 2. The molecule has 3 rings (SSSR count). The normalized spacial score (nSPS) is 13.9. The zero-order valence-corrected chi connectivity index (χ0v) is 21.6. The van der Waals surface area contributed by atoms with Gasteiger partial charge in [0.25, 0.3) is 5.91 Å². The first kappa shape index (κ1) is 28.4. The molecule has 12 heteroatoms. The second-order valence-corrected chi connectivity index (χ2v) is 8.60. The smallest absolute Gasteiger partial charge is 0.409 e. The van der Waals surface area contributed by atoms with E-state index >= 15 is 0 Å². The molecule has 1 aliphatic heterocycles. The van der Waals surface area contributed by atoms with Crippen molar-refractivity contribution in [2.24, 2.45) is 0 Å². The fourth-order valence-corrected chi connectivity index (χ4v) is 3.84. The first-order chi connectivity index (χ1) is 18.3. The van der Waals surface area contributed by atoms with Gasteiger partial charge in [-0.2, -0.15) is 4.98 Å². The lowest BCUT2D eigenvalue weighted by Gasteiger charge is -2.35. The highest BCUT2D eigenvalue weighted by molar-refractivity contribution is 5.96. The average molecular weight is 528 g/mol. The van der Waals surface area contributed by atoms with Crippen molar-refractivity contribution < 1.29 is 33.8 Å². The molecule has 2 N–H and O–H groups in total. The third-order valence-corrected chi connectivity index (χ3v) is 5.79. The molecule has 1 saturated heterocycles. The molecule has 0 aliphatic carbocycles. The summed E-state index contributed by atoms with van der Waals surface area (Å²) < 4.78 is 10.7. The number of nitrogens with zero attached hydrogens (tertiary/aromatic N) is 4. The van der Waals surface area contributed by atoms with Crippen LogP contribution in [0.5, 0.6) is 5.88 Å². The van der Waals surface area contributed by atoms with Crippen LogP contribution in [0.3, 0.4) is 0 Å². The van der Waals surface area contributed by atoms with E-state index in [1.165, 1.54) is 15.9 Å². The van der Waals surface area contributed by atoms with Crippen molar-refractivity contribution in [2.75, 3.05) is 39.4 Å². The predicted molar refractivity (Wildman–Crippen MR) is 137 cm³/mol. The predicted octanol–water partition coefficient (Wildman–Crippen LogP) is 2.20. The Kier molecular flexibility index (Phi) is 10.4. The van der Waals surface area contributed by atoms with E-state index in [0.29, 0.717) is 12.2 Å². The van der Waals surface area contributed by atoms with Crippen LogP contribution in [0.25, 0.3) is 11.4 Å². The molecule has 12 nitrogen and oxygen atoms in total. The van der Waals surface area contributed by atoms with Crippen molar-refractivity contribution in [2.45, 2.75) is 39.2 Å². The number of benzene rings is 1. The van der Waals surface area contributed by atoms with Crippen LogP contribution in [0.2, 0.25) is 0 Å². The molecule has 0 bridgehead atoms. The van der Waals surface area contributed by atoms with E-state index in [9.17, 15) is 24.3 Å². The van der Waals surface area contributed by atoms with Gasteiger partial charge in [0.1, 0.15) is 11.7 Å². The number of hydrogen-bond acceptors (Lipinski definition) is 8. The number of carboxylic acid groups (broad SMARTS) is 1. The molecule has 0 unspecified atom stereocenters. The summed E-state index contributed by atoms with van der Waals surface area (Å²) >= 11 is 0. The monoisotopic (exact) mass is 527 g/mol. The first-order valence-electron chi connectivity index (χ1n) is 12.6. The fraction of sp³-hybridized carbons (Fsp3) is 0.462. The maximum atomic E-state index is 13.3. The fourth-order valence-electron chi connectivity index (χ4n) is 3.84. The highest BCUT2D eigenvalue weighted by Crippen LogP contribution is 2.20. The van der Waals surface area contributed by atoms with Gasteiger partial charge in [-0.1, -0.05) is 37.3 Å². The molecule has 3 amide bonds. The molecule has 204 valence electrons. The highest BCUT2D eigenvalue weighted by Gasteiger charge is 2.31. The van der Waals surface area contributed by atoms with Gasteiger partial charge in [-0.3, -0.25) is 14.4 Å². The number of aliphatic carboxylic acids is 1.